The first-order valence-electron chi connectivity index (χ1n) is 8.27. The molecule has 1 atom stereocenters. The zero-order chi connectivity index (χ0) is 18.6. The molecule has 1 aliphatic heterocycles. The first kappa shape index (κ1) is 19.8. The first-order chi connectivity index (χ1) is 11.8. The Morgan fingerprint density at radius 2 is 2.12 bits per heavy atom. The molecular formula is C17H24ClNO5S. The minimum atomic E-state index is -3.06. The van der Waals surface area contributed by atoms with Crippen LogP contribution in [0.5, 0.6) is 11.5 Å². The third-order valence-corrected chi connectivity index (χ3v) is 6.33. The van der Waals surface area contributed by atoms with Gasteiger partial charge in [0.2, 0.25) is 0 Å². The number of nitrogens with zero attached hydrogens (tertiary/aromatic N) is 1. The quantitative estimate of drug-likeness (QED) is 0.670. The van der Waals surface area contributed by atoms with Gasteiger partial charge in [-0.1, -0.05) is 24.9 Å². The zero-order valence-corrected chi connectivity index (χ0v) is 16.3. The average Bonchev–Trinajstić information content (AvgIpc) is 2.94. The molecule has 8 heteroatoms. The van der Waals surface area contributed by atoms with E-state index in [0.717, 1.165) is 12.8 Å². The van der Waals surface area contributed by atoms with Crippen LogP contribution in [0.2, 0.25) is 5.02 Å². The van der Waals surface area contributed by atoms with Crippen LogP contribution in [0.25, 0.3) is 0 Å². The van der Waals surface area contributed by atoms with Crippen molar-refractivity contribution in [3.63, 3.8) is 0 Å². The summed E-state index contributed by atoms with van der Waals surface area (Å²) >= 11 is 6.27. The van der Waals surface area contributed by atoms with E-state index in [2.05, 4.69) is 6.92 Å². The highest BCUT2D eigenvalue weighted by Gasteiger charge is 2.33. The Morgan fingerprint density at radius 1 is 1.40 bits per heavy atom. The van der Waals surface area contributed by atoms with E-state index in [4.69, 9.17) is 21.1 Å². The maximum Gasteiger partial charge on any atom is 0.254 e. The summed E-state index contributed by atoms with van der Waals surface area (Å²) in [6.45, 7) is 2.57. The summed E-state index contributed by atoms with van der Waals surface area (Å²) in [6, 6.07) is 2.80. The highest BCUT2D eigenvalue weighted by Crippen LogP contribution is 2.37. The highest BCUT2D eigenvalue weighted by atomic mass is 35.5. The summed E-state index contributed by atoms with van der Waals surface area (Å²) < 4.78 is 34.2. The van der Waals surface area contributed by atoms with E-state index >= 15 is 0 Å². The maximum absolute atomic E-state index is 12.7. The fourth-order valence-corrected chi connectivity index (χ4v) is 4.79. The van der Waals surface area contributed by atoms with Crippen LogP contribution in [0.4, 0.5) is 0 Å². The van der Waals surface area contributed by atoms with Gasteiger partial charge in [0.15, 0.2) is 21.3 Å². The fraction of sp³-hybridized carbons (Fsp3) is 0.588. The molecule has 1 amide bonds. The normalized spacial score (nSPS) is 18.8. The van der Waals surface area contributed by atoms with Crippen LogP contribution in [0, 0.1) is 0 Å². The third kappa shape index (κ3) is 4.79. The molecule has 1 aromatic rings. The lowest BCUT2D eigenvalue weighted by atomic mass is 10.1. The van der Waals surface area contributed by atoms with Crippen molar-refractivity contribution in [2.24, 2.45) is 0 Å². The largest absolute Gasteiger partial charge is 0.493 e. The highest BCUT2D eigenvalue weighted by molar-refractivity contribution is 7.91. The lowest BCUT2D eigenvalue weighted by Gasteiger charge is -2.24. The van der Waals surface area contributed by atoms with Crippen LogP contribution in [-0.4, -0.2) is 57.5 Å². The van der Waals surface area contributed by atoms with E-state index in [-0.39, 0.29) is 23.5 Å². The molecule has 0 unspecified atom stereocenters. The Bertz CT molecular complexity index is 735. The number of hydrogen-bond donors (Lipinski definition) is 0. The predicted molar refractivity (Wildman–Crippen MR) is 97.6 cm³/mol. The Balaban J connectivity index is 2.21. The zero-order valence-electron chi connectivity index (χ0n) is 14.7. The molecule has 0 aliphatic carbocycles. The van der Waals surface area contributed by atoms with Gasteiger partial charge in [-0.15, -0.1) is 0 Å². The van der Waals surface area contributed by atoms with Crippen LogP contribution in [0.1, 0.15) is 36.5 Å². The van der Waals surface area contributed by atoms with Crippen molar-refractivity contribution in [3.05, 3.63) is 22.7 Å². The minimum Gasteiger partial charge on any atom is -0.493 e. The number of benzene rings is 1. The van der Waals surface area contributed by atoms with Crippen molar-refractivity contribution in [3.8, 4) is 11.5 Å². The van der Waals surface area contributed by atoms with Gasteiger partial charge in [0.25, 0.3) is 5.91 Å². The molecule has 1 aliphatic rings. The van der Waals surface area contributed by atoms with Gasteiger partial charge >= 0.3 is 0 Å². The lowest BCUT2D eigenvalue weighted by Crippen LogP contribution is -2.37. The monoisotopic (exact) mass is 389 g/mol. The molecule has 1 aromatic carbocycles. The van der Waals surface area contributed by atoms with Gasteiger partial charge in [-0.25, -0.2) is 8.42 Å². The molecule has 1 fully saturated rings. The van der Waals surface area contributed by atoms with Gasteiger partial charge in [-0.05, 0) is 25.0 Å². The Kier molecular flexibility index (Phi) is 6.57. The van der Waals surface area contributed by atoms with Crippen molar-refractivity contribution in [1.29, 1.82) is 0 Å². The molecule has 0 bridgehead atoms. The maximum atomic E-state index is 12.7. The molecule has 0 N–H and O–H groups in total. The van der Waals surface area contributed by atoms with Gasteiger partial charge in [0.1, 0.15) is 0 Å². The summed E-state index contributed by atoms with van der Waals surface area (Å²) in [4.78, 5) is 14.2. The summed E-state index contributed by atoms with van der Waals surface area (Å²) in [5.74, 6) is 0.629. The number of carbonyl (C=O) groups excluding carboxylic acids is 1. The smallest absolute Gasteiger partial charge is 0.254 e. The topological polar surface area (TPSA) is 72.9 Å². The van der Waals surface area contributed by atoms with Crippen LogP contribution in [0.3, 0.4) is 0 Å². The minimum absolute atomic E-state index is 0.00167. The van der Waals surface area contributed by atoms with Crippen molar-refractivity contribution < 1.29 is 22.7 Å². The first-order valence-corrected chi connectivity index (χ1v) is 10.5. The summed E-state index contributed by atoms with van der Waals surface area (Å²) in [5.41, 5.74) is 0.344. The van der Waals surface area contributed by atoms with Crippen molar-refractivity contribution in [1.82, 2.24) is 4.90 Å². The number of amides is 1. The molecule has 0 radical (unpaired) electrons. The second-order valence-electron chi connectivity index (χ2n) is 6.16. The number of rotatable bonds is 7. The number of methoxy groups -OCH3 is 1. The number of ether oxygens (including phenoxy) is 2. The summed E-state index contributed by atoms with van der Waals surface area (Å²) in [6.07, 6.45) is 2.33. The Labute approximate surface area is 154 Å². The predicted octanol–water partition coefficient (Wildman–Crippen LogP) is 2.79. The summed E-state index contributed by atoms with van der Waals surface area (Å²) in [7, 11) is 0.0356. The Morgan fingerprint density at radius 3 is 2.68 bits per heavy atom. The van der Waals surface area contributed by atoms with Crippen LogP contribution >= 0.6 is 11.6 Å². The molecule has 1 heterocycles. The van der Waals surface area contributed by atoms with E-state index in [1.165, 1.54) is 18.1 Å². The SMILES string of the molecule is CCCCOc1c(Cl)cc(C(=O)N(C)[C@@H]2CCS(=O)(=O)C2)cc1OC. The molecule has 140 valence electrons. The number of unbranched alkanes of at least 4 members (excludes halogenated alkanes) is 1. The van der Waals surface area contributed by atoms with Gasteiger partial charge in [-0.2, -0.15) is 0 Å². The molecule has 25 heavy (non-hydrogen) atoms. The van der Waals surface area contributed by atoms with Crippen molar-refractivity contribution >= 4 is 27.3 Å². The van der Waals surface area contributed by atoms with Gasteiger partial charge in [0.05, 0.1) is 30.2 Å². The number of halogens is 1. The second kappa shape index (κ2) is 8.27. The van der Waals surface area contributed by atoms with Gasteiger partial charge in [0, 0.05) is 18.7 Å². The van der Waals surface area contributed by atoms with E-state index in [0.29, 0.717) is 35.1 Å². The van der Waals surface area contributed by atoms with Gasteiger partial charge in [-0.3, -0.25) is 4.79 Å². The van der Waals surface area contributed by atoms with Crippen molar-refractivity contribution in [2.45, 2.75) is 32.2 Å². The van der Waals surface area contributed by atoms with Crippen molar-refractivity contribution in [2.75, 3.05) is 32.3 Å². The Hall–Kier alpha value is -1.47. The summed E-state index contributed by atoms with van der Waals surface area (Å²) in [5, 5.41) is 0.297. The molecule has 6 nitrogen and oxygen atoms in total. The molecular weight excluding hydrogens is 366 g/mol. The van der Waals surface area contributed by atoms with Crippen LogP contribution < -0.4 is 9.47 Å². The molecule has 2 rings (SSSR count). The van der Waals surface area contributed by atoms with Crippen LogP contribution in [0.15, 0.2) is 12.1 Å². The van der Waals surface area contributed by atoms with Crippen LogP contribution in [-0.2, 0) is 9.84 Å². The molecule has 1 saturated heterocycles. The molecule has 0 aromatic heterocycles. The number of hydrogen-bond acceptors (Lipinski definition) is 5. The van der Waals surface area contributed by atoms with E-state index in [9.17, 15) is 13.2 Å². The molecule has 0 spiro atoms. The molecule has 0 saturated carbocycles. The number of sulfone groups is 1. The second-order valence-corrected chi connectivity index (χ2v) is 8.80. The van der Waals surface area contributed by atoms with E-state index in [1.54, 1.807) is 13.1 Å². The average molecular weight is 390 g/mol. The fourth-order valence-electron chi connectivity index (χ4n) is 2.75. The number of carbonyl (C=O) groups is 1. The third-order valence-electron chi connectivity index (χ3n) is 4.30. The van der Waals surface area contributed by atoms with Gasteiger partial charge < -0.3 is 14.4 Å². The van der Waals surface area contributed by atoms with E-state index in [1.807, 2.05) is 0 Å². The standard InChI is InChI=1S/C17H24ClNO5S/c1-4-5-7-24-16-14(18)9-12(10-15(16)23-3)17(20)19(2)13-6-8-25(21,22)11-13/h9-10,13H,4-8,11H2,1-3H3/t13-/m1/s1. The van der Waals surface area contributed by atoms with E-state index < -0.39 is 9.84 Å². The lowest BCUT2D eigenvalue weighted by molar-refractivity contribution is 0.0747.